The Morgan fingerprint density at radius 1 is 1.17 bits per heavy atom. The van der Waals surface area contributed by atoms with E-state index in [-0.39, 0.29) is 35.2 Å². The second kappa shape index (κ2) is 14.8. The van der Waals surface area contributed by atoms with Crippen molar-refractivity contribution in [3.05, 3.63) is 75.1 Å². The molecule has 0 unspecified atom stereocenters. The number of nitrogens with one attached hydrogen (secondary N) is 1. The fourth-order valence-corrected chi connectivity index (χ4v) is 6.97. The molecule has 47 heavy (non-hydrogen) atoms. The van der Waals surface area contributed by atoms with Crippen LogP contribution >= 0.6 is 0 Å². The number of ketones is 1. The van der Waals surface area contributed by atoms with Gasteiger partial charge in [-0.05, 0) is 112 Å². The number of carbonyl (C=O) groups excluding carboxylic acids is 1. The number of carboxylic acid groups (broad SMARTS) is 1. The van der Waals surface area contributed by atoms with E-state index in [0.717, 1.165) is 86.4 Å². The van der Waals surface area contributed by atoms with Crippen molar-refractivity contribution in [3.8, 4) is 11.3 Å². The van der Waals surface area contributed by atoms with Crippen molar-refractivity contribution in [2.75, 3.05) is 19.6 Å². The van der Waals surface area contributed by atoms with E-state index in [0.29, 0.717) is 30.0 Å². The van der Waals surface area contributed by atoms with E-state index in [1.165, 1.54) is 11.3 Å². The van der Waals surface area contributed by atoms with Gasteiger partial charge in [-0.15, -0.1) is 0 Å². The van der Waals surface area contributed by atoms with Crippen LogP contribution in [0.2, 0.25) is 0 Å². The van der Waals surface area contributed by atoms with E-state index >= 15 is 0 Å². The molecule has 0 amide bonds. The predicted molar refractivity (Wildman–Crippen MR) is 184 cm³/mol. The van der Waals surface area contributed by atoms with Crippen LogP contribution in [-0.2, 0) is 28.9 Å². The third-order valence-corrected chi connectivity index (χ3v) is 10.1. The second-order valence-electron chi connectivity index (χ2n) is 14.4. The number of nitrogens with two attached hydrogens (primary N) is 1. The number of H-pyrrole nitrogens is 1. The fraction of sp³-hybridized carbons (Fsp3) is 0.514. The molecule has 0 radical (unpaired) electrons. The van der Waals surface area contributed by atoms with Crippen molar-refractivity contribution >= 4 is 23.7 Å². The first-order valence-corrected chi connectivity index (χ1v) is 16.8. The van der Waals surface area contributed by atoms with Gasteiger partial charge in [0.2, 0.25) is 0 Å². The number of aromatic amines is 1. The number of carbonyl (C=O) groups is 2. The Morgan fingerprint density at radius 2 is 1.91 bits per heavy atom. The van der Waals surface area contributed by atoms with Crippen LogP contribution in [0.4, 0.5) is 5.69 Å². The maximum absolute atomic E-state index is 13.8. The summed E-state index contributed by atoms with van der Waals surface area (Å²) in [7, 11) is 0. The molecule has 10 heteroatoms. The largest absolute Gasteiger partial charge is 0.483 e. The molecule has 3 aromatic rings. The van der Waals surface area contributed by atoms with Crippen molar-refractivity contribution in [1.29, 1.82) is 0 Å². The number of piperidine rings is 1. The molecule has 3 aromatic heterocycles. The first kappa shape index (κ1) is 34.3. The van der Waals surface area contributed by atoms with Gasteiger partial charge in [0.25, 0.3) is 12.0 Å². The summed E-state index contributed by atoms with van der Waals surface area (Å²) in [6.07, 6.45) is 10.6. The molecule has 10 nitrogen and oxygen atoms in total. The van der Waals surface area contributed by atoms with Gasteiger partial charge in [0, 0.05) is 48.1 Å². The number of likely N-dealkylation sites (tertiary alicyclic amines) is 1. The summed E-state index contributed by atoms with van der Waals surface area (Å²) in [5.41, 5.74) is 14.6. The van der Waals surface area contributed by atoms with E-state index in [1.807, 2.05) is 18.3 Å². The zero-order chi connectivity index (χ0) is 33.7. The molecule has 0 bridgehead atoms. The number of rotatable bonds is 8. The number of aromatic nitrogens is 3. The summed E-state index contributed by atoms with van der Waals surface area (Å²) in [6, 6.07) is 8.42. The fourth-order valence-electron chi connectivity index (χ4n) is 6.97. The van der Waals surface area contributed by atoms with Gasteiger partial charge >= 0.3 is 0 Å². The van der Waals surface area contributed by atoms with Crippen LogP contribution < -0.4 is 11.3 Å². The molecule has 0 saturated carbocycles. The number of aliphatic imine (C=N–C) groups is 1. The summed E-state index contributed by atoms with van der Waals surface area (Å²) < 4.78 is 0. The molecule has 1 fully saturated rings. The van der Waals surface area contributed by atoms with E-state index in [4.69, 9.17) is 30.6 Å². The highest BCUT2D eigenvalue weighted by atomic mass is 16.3. The Morgan fingerprint density at radius 3 is 2.57 bits per heavy atom. The van der Waals surface area contributed by atoms with Crippen LogP contribution in [0.15, 0.2) is 46.4 Å². The smallest absolute Gasteiger partial charge is 0.290 e. The van der Waals surface area contributed by atoms with Crippen molar-refractivity contribution in [2.24, 2.45) is 22.1 Å². The topological polar surface area (TPSA) is 155 Å². The lowest BCUT2D eigenvalue weighted by molar-refractivity contribution is -0.122. The lowest BCUT2D eigenvalue weighted by Gasteiger charge is -2.34. The molecule has 1 saturated heterocycles. The maximum Gasteiger partial charge on any atom is 0.290 e. The van der Waals surface area contributed by atoms with Gasteiger partial charge in [-0.2, -0.15) is 0 Å². The third-order valence-electron chi connectivity index (χ3n) is 10.1. The Kier molecular flexibility index (Phi) is 10.8. The summed E-state index contributed by atoms with van der Waals surface area (Å²) >= 11 is 0. The number of pyridine rings is 3. The first-order valence-electron chi connectivity index (χ1n) is 16.8. The number of aryl methyl sites for hydroxylation is 2. The summed E-state index contributed by atoms with van der Waals surface area (Å²) in [4.78, 5) is 53.9. The number of hydrogen-bond acceptors (Lipinski definition) is 8. The molecular formula is C37H48N6O4. The highest BCUT2D eigenvalue weighted by Gasteiger charge is 2.32. The molecule has 2 atom stereocenters. The minimum Gasteiger partial charge on any atom is -0.483 e. The van der Waals surface area contributed by atoms with Crippen molar-refractivity contribution in [3.63, 3.8) is 0 Å². The van der Waals surface area contributed by atoms with Crippen molar-refractivity contribution in [2.45, 2.75) is 91.0 Å². The average Bonchev–Trinajstić information content (AvgIpc) is 3.47. The van der Waals surface area contributed by atoms with Crippen LogP contribution in [0.5, 0.6) is 0 Å². The quantitative estimate of drug-likeness (QED) is 0.285. The number of fused-ring (bicyclic) bond motifs is 2. The Labute approximate surface area is 276 Å². The van der Waals surface area contributed by atoms with Crippen LogP contribution in [0.25, 0.3) is 11.3 Å². The standard InChI is InChI=1S/C36H46N6O2.CH2O2/c1-22-15-26(21-39-35(22)44)29-7-5-24(20-38-29)23(9-12-42-13-10-28(37)11-14-42)18-34(43)33-19-32-31(41-33)17-25-16-27(36(2,3)4)6-8-30(25)40-32;2-1-3/h5,7,15,17,20-21,23,27-28H,6,8-14,16,18-19,37H2,1-4H3,(H,39,44);1H,(H,2,3)/t23-,27-;/m0./s1. The molecule has 2 aliphatic heterocycles. The highest BCUT2D eigenvalue weighted by molar-refractivity contribution is 6.41. The van der Waals surface area contributed by atoms with E-state index in [1.54, 1.807) is 13.1 Å². The average molecular weight is 641 g/mol. The lowest BCUT2D eigenvalue weighted by atomic mass is 9.71. The van der Waals surface area contributed by atoms with Gasteiger partial charge in [-0.25, -0.2) is 4.99 Å². The molecule has 5 heterocycles. The zero-order valence-corrected chi connectivity index (χ0v) is 28.1. The van der Waals surface area contributed by atoms with Gasteiger partial charge in [0.15, 0.2) is 5.78 Å². The Bertz CT molecular complexity index is 1670. The van der Waals surface area contributed by atoms with Crippen molar-refractivity contribution < 1.29 is 14.7 Å². The normalized spacial score (nSPS) is 18.7. The molecule has 0 spiro atoms. The number of hydrogen-bond donors (Lipinski definition) is 3. The Hall–Kier alpha value is -4.02. The van der Waals surface area contributed by atoms with Crippen LogP contribution in [0, 0.1) is 18.3 Å². The van der Waals surface area contributed by atoms with Crippen LogP contribution in [0.1, 0.15) is 86.9 Å². The van der Waals surface area contributed by atoms with Gasteiger partial charge in [-0.3, -0.25) is 24.4 Å². The van der Waals surface area contributed by atoms with Gasteiger partial charge in [-0.1, -0.05) is 26.8 Å². The zero-order valence-electron chi connectivity index (χ0n) is 28.1. The lowest BCUT2D eigenvalue weighted by Crippen LogP contribution is -2.40. The molecule has 0 aromatic carbocycles. The minimum atomic E-state index is -0.250. The summed E-state index contributed by atoms with van der Waals surface area (Å²) in [6.45, 7) is 11.4. The Balaban J connectivity index is 0.00000139. The predicted octanol–water partition coefficient (Wildman–Crippen LogP) is 5.18. The van der Waals surface area contributed by atoms with Gasteiger partial charge in [0.05, 0.1) is 22.8 Å². The van der Waals surface area contributed by atoms with Gasteiger partial charge < -0.3 is 20.7 Å². The van der Waals surface area contributed by atoms with Crippen molar-refractivity contribution in [1.82, 2.24) is 19.9 Å². The van der Waals surface area contributed by atoms with Gasteiger partial charge in [0.1, 0.15) is 0 Å². The minimum absolute atomic E-state index is 0.0251. The first-order chi connectivity index (χ1) is 22.4. The van der Waals surface area contributed by atoms with Crippen LogP contribution in [0.3, 0.4) is 0 Å². The molecule has 6 rings (SSSR count). The SMILES string of the molecule is Cc1cc(-c2ccc([C@@H](CCN3CCC(N)CC3)CC(=O)C3=Nc4cc5c(nc4C3)CC[C@H](C(C)(C)C)C5)cn2)c[nH]c1=O.O=CO. The number of nitrogens with zero attached hydrogens (tertiary/aromatic N) is 4. The van der Waals surface area contributed by atoms with E-state index in [2.05, 4.69) is 42.8 Å². The molecule has 250 valence electrons. The molecular weight excluding hydrogens is 592 g/mol. The second-order valence-corrected chi connectivity index (χ2v) is 14.4. The highest BCUT2D eigenvalue weighted by Crippen LogP contribution is 2.39. The molecule has 3 aliphatic rings. The molecule has 4 N–H and O–H groups in total. The summed E-state index contributed by atoms with van der Waals surface area (Å²) in [5.74, 6) is 0.752. The maximum atomic E-state index is 13.8. The third kappa shape index (κ3) is 8.48. The van der Waals surface area contributed by atoms with Crippen LogP contribution in [-0.4, -0.2) is 68.6 Å². The summed E-state index contributed by atoms with van der Waals surface area (Å²) in [5, 5.41) is 6.89. The molecule has 1 aliphatic carbocycles. The van der Waals surface area contributed by atoms with E-state index in [9.17, 15) is 9.59 Å². The number of Topliss-reactive ketones (excluding diaryl/α,β-unsaturated/α-hetero) is 1. The van der Waals surface area contributed by atoms with E-state index < -0.39 is 0 Å². The monoisotopic (exact) mass is 640 g/mol.